The molecule has 0 aliphatic rings. The van der Waals surface area contributed by atoms with Crippen LogP contribution < -0.4 is 21.0 Å². The lowest BCUT2D eigenvalue weighted by Crippen LogP contribution is -2.36. The van der Waals surface area contributed by atoms with Gasteiger partial charge < -0.3 is 9.84 Å². The Morgan fingerprint density at radius 3 is 1.17 bits per heavy atom. The largest absolute Gasteiger partial charge is 0.872 e. The van der Waals surface area contributed by atoms with Crippen molar-refractivity contribution >= 4 is 23.2 Å². The van der Waals surface area contributed by atoms with E-state index < -0.39 is 7.26 Å². The predicted molar refractivity (Wildman–Crippen MR) is 152 cm³/mol. The molecule has 5 aromatic rings. The molecule has 0 radical (unpaired) electrons. The number of ether oxygens (including phenoxy) is 1. The molecule has 0 aliphatic carbocycles. The molecule has 0 aliphatic heterocycles. The second-order valence-electron chi connectivity index (χ2n) is 8.26. The Morgan fingerprint density at radius 2 is 0.861 bits per heavy atom. The average molecular weight is 491 g/mol. The molecule has 0 heterocycles. The summed E-state index contributed by atoms with van der Waals surface area (Å²) in [4.78, 5) is 0. The highest BCUT2D eigenvalue weighted by atomic mass is 31.2. The quantitative estimate of drug-likeness (QED) is 0.245. The fourth-order valence-electron chi connectivity index (χ4n) is 4.47. The van der Waals surface area contributed by atoms with E-state index in [1.54, 1.807) is 12.1 Å². The number of hydrogen-bond acceptors (Lipinski definition) is 2. The van der Waals surface area contributed by atoms with Crippen LogP contribution in [0.2, 0.25) is 0 Å². The summed E-state index contributed by atoms with van der Waals surface area (Å²) in [5.74, 6) is 0.0170. The van der Waals surface area contributed by atoms with Gasteiger partial charge in [0.25, 0.3) is 0 Å². The van der Waals surface area contributed by atoms with Crippen LogP contribution in [-0.2, 0) is 4.74 Å². The molecular formula is C33H31O2P. The van der Waals surface area contributed by atoms with Gasteiger partial charge in [0, 0.05) is 12.2 Å². The second-order valence-corrected chi connectivity index (χ2v) is 11.7. The molecule has 0 N–H and O–H groups in total. The lowest BCUT2D eigenvalue weighted by molar-refractivity contribution is -0.268. The van der Waals surface area contributed by atoms with Gasteiger partial charge in [0.05, 0.1) is 0 Å². The van der Waals surface area contributed by atoms with Crippen LogP contribution in [0.4, 0.5) is 0 Å². The van der Waals surface area contributed by atoms with Gasteiger partial charge in [-0.3, -0.25) is 0 Å². The molecule has 0 bridgehead atoms. The van der Waals surface area contributed by atoms with Crippen molar-refractivity contribution in [1.82, 2.24) is 0 Å². The normalized spacial score (nSPS) is 11.7. The fourth-order valence-corrected chi connectivity index (χ4v) is 9.10. The summed E-state index contributed by atoms with van der Waals surface area (Å²) in [7, 11) is -2.12. The SMILES string of the molecule is CCOC(c1ccccc1)[P+](c1ccccc1)(c1ccccc1)c1ccccc1.[O-]c1ccccc1. The van der Waals surface area contributed by atoms with Gasteiger partial charge in [-0.2, -0.15) is 0 Å². The van der Waals surface area contributed by atoms with Crippen molar-refractivity contribution in [3.63, 3.8) is 0 Å². The van der Waals surface area contributed by atoms with Crippen molar-refractivity contribution in [2.24, 2.45) is 0 Å². The minimum atomic E-state index is -2.12. The number of rotatable bonds is 7. The predicted octanol–water partition coefficient (Wildman–Crippen LogP) is 6.48. The standard InChI is InChI=1S/C27H26OP.C6H6O/c1-2-28-27(23-15-7-3-8-16-23)29(24-17-9-4-10-18-24,25-19-11-5-12-20-25)26-21-13-6-14-22-26;7-6-4-2-1-3-5-6/h3-22,27H,2H2,1H3;1-5,7H/q+1;/p-1. The van der Waals surface area contributed by atoms with E-state index in [4.69, 9.17) is 4.74 Å². The molecule has 180 valence electrons. The number of hydrogen-bond donors (Lipinski definition) is 0. The van der Waals surface area contributed by atoms with E-state index in [1.807, 2.05) is 6.07 Å². The van der Waals surface area contributed by atoms with Crippen LogP contribution in [-0.4, -0.2) is 6.61 Å². The highest BCUT2D eigenvalue weighted by Crippen LogP contribution is 2.67. The van der Waals surface area contributed by atoms with Crippen LogP contribution >= 0.6 is 7.26 Å². The molecule has 5 rings (SSSR count). The van der Waals surface area contributed by atoms with E-state index in [2.05, 4.69) is 128 Å². The molecule has 0 spiro atoms. The third-order valence-electron chi connectivity index (χ3n) is 5.99. The molecule has 0 aromatic heterocycles. The Hall–Kier alpha value is -3.71. The Bertz CT molecular complexity index is 1180. The monoisotopic (exact) mass is 490 g/mol. The van der Waals surface area contributed by atoms with Crippen molar-refractivity contribution < 1.29 is 9.84 Å². The van der Waals surface area contributed by atoms with E-state index in [9.17, 15) is 5.11 Å². The van der Waals surface area contributed by atoms with Gasteiger partial charge in [-0.15, -0.1) is 5.75 Å². The van der Waals surface area contributed by atoms with Gasteiger partial charge in [0.1, 0.15) is 23.2 Å². The van der Waals surface area contributed by atoms with Gasteiger partial charge in [0.2, 0.25) is 5.85 Å². The highest BCUT2D eigenvalue weighted by Gasteiger charge is 2.54. The van der Waals surface area contributed by atoms with Crippen LogP contribution in [0.15, 0.2) is 152 Å². The molecule has 0 fully saturated rings. The minimum absolute atomic E-state index is 0.0547. The lowest BCUT2D eigenvalue weighted by atomic mass is 10.2. The molecule has 5 aromatic carbocycles. The summed E-state index contributed by atoms with van der Waals surface area (Å²) in [5, 5.41) is 14.3. The first kappa shape index (κ1) is 25.4. The maximum atomic E-state index is 10.3. The molecule has 0 amide bonds. The molecule has 0 saturated heterocycles. The number of para-hydroxylation sites is 1. The summed E-state index contributed by atoms with van der Waals surface area (Å²) < 4.78 is 6.61. The topological polar surface area (TPSA) is 32.3 Å². The maximum absolute atomic E-state index is 10.3. The zero-order valence-electron chi connectivity index (χ0n) is 20.5. The fraction of sp³-hybridized carbons (Fsp3) is 0.0909. The molecule has 1 atom stereocenters. The zero-order chi connectivity index (χ0) is 25.1. The molecule has 1 unspecified atom stereocenters. The summed E-state index contributed by atoms with van der Waals surface area (Å²) in [6.45, 7) is 2.75. The molecular weight excluding hydrogens is 459 g/mol. The van der Waals surface area contributed by atoms with Crippen LogP contribution in [0, 0.1) is 0 Å². The summed E-state index contributed by atoms with van der Waals surface area (Å²) >= 11 is 0. The van der Waals surface area contributed by atoms with Crippen molar-refractivity contribution in [2.75, 3.05) is 6.61 Å². The summed E-state index contributed by atoms with van der Waals surface area (Å²) in [5.41, 5.74) is 1.22. The van der Waals surface area contributed by atoms with Crippen molar-refractivity contribution in [1.29, 1.82) is 0 Å². The first-order chi connectivity index (χ1) is 17.8. The smallest absolute Gasteiger partial charge is 0.206 e. The first-order valence-electron chi connectivity index (χ1n) is 12.2. The Morgan fingerprint density at radius 1 is 0.528 bits per heavy atom. The average Bonchev–Trinajstić information content (AvgIpc) is 2.96. The molecule has 36 heavy (non-hydrogen) atoms. The van der Waals surface area contributed by atoms with Crippen LogP contribution in [0.1, 0.15) is 18.3 Å². The van der Waals surface area contributed by atoms with Crippen LogP contribution in [0.3, 0.4) is 0 Å². The van der Waals surface area contributed by atoms with Gasteiger partial charge in [0.15, 0.2) is 0 Å². The van der Waals surface area contributed by atoms with E-state index in [0.29, 0.717) is 6.61 Å². The van der Waals surface area contributed by atoms with Gasteiger partial charge in [-0.25, -0.2) is 0 Å². The van der Waals surface area contributed by atoms with Crippen molar-refractivity contribution in [3.05, 3.63) is 157 Å². The zero-order valence-corrected chi connectivity index (χ0v) is 21.4. The summed E-state index contributed by atoms with van der Waals surface area (Å²) in [6, 6.07) is 51.7. The van der Waals surface area contributed by atoms with E-state index in [0.717, 1.165) is 0 Å². The Labute approximate surface area is 215 Å². The first-order valence-corrected chi connectivity index (χ1v) is 14.1. The van der Waals surface area contributed by atoms with Crippen molar-refractivity contribution in [2.45, 2.75) is 12.8 Å². The van der Waals surface area contributed by atoms with Gasteiger partial charge >= 0.3 is 0 Å². The minimum Gasteiger partial charge on any atom is -0.872 e. The van der Waals surface area contributed by atoms with Crippen molar-refractivity contribution in [3.8, 4) is 5.75 Å². The Balaban J connectivity index is 0.000000375. The maximum Gasteiger partial charge on any atom is 0.206 e. The van der Waals surface area contributed by atoms with E-state index >= 15 is 0 Å². The van der Waals surface area contributed by atoms with Crippen LogP contribution in [0.25, 0.3) is 0 Å². The summed E-state index contributed by atoms with van der Waals surface area (Å²) in [6.07, 6.45) is 0. The molecule has 0 saturated carbocycles. The van der Waals surface area contributed by atoms with E-state index in [-0.39, 0.29) is 11.6 Å². The molecule has 3 heteroatoms. The number of benzene rings is 5. The second kappa shape index (κ2) is 12.8. The lowest BCUT2D eigenvalue weighted by Gasteiger charge is -2.34. The van der Waals surface area contributed by atoms with Gasteiger partial charge in [-0.05, 0) is 43.3 Å². The third kappa shape index (κ3) is 5.74. The van der Waals surface area contributed by atoms with Gasteiger partial charge in [-0.1, -0.05) is 115 Å². The highest BCUT2D eigenvalue weighted by molar-refractivity contribution is 7.95. The Kier molecular flexibility index (Phi) is 9.05. The van der Waals surface area contributed by atoms with Crippen LogP contribution in [0.5, 0.6) is 5.75 Å². The molecule has 2 nitrogen and oxygen atoms in total. The third-order valence-corrected chi connectivity index (χ3v) is 10.5. The van der Waals surface area contributed by atoms with E-state index in [1.165, 1.54) is 33.6 Å².